The number of aryl methyl sites for hydroxylation is 1. The summed E-state index contributed by atoms with van der Waals surface area (Å²) in [6.45, 7) is 3.71. The van der Waals surface area contributed by atoms with Crippen LogP contribution in [0.4, 0.5) is 11.5 Å². The summed E-state index contributed by atoms with van der Waals surface area (Å²) in [6.07, 6.45) is 5.17. The Balaban J connectivity index is 1.47. The van der Waals surface area contributed by atoms with Crippen LogP contribution in [0.2, 0.25) is 0 Å². The predicted molar refractivity (Wildman–Crippen MR) is 126 cm³/mol. The lowest BCUT2D eigenvalue weighted by Crippen LogP contribution is -2.62. The van der Waals surface area contributed by atoms with E-state index in [0.717, 1.165) is 41.4 Å². The normalized spacial score (nSPS) is 21.0. The quantitative estimate of drug-likeness (QED) is 0.664. The Hall–Kier alpha value is -3.74. The van der Waals surface area contributed by atoms with Gasteiger partial charge in [0.15, 0.2) is 5.82 Å². The Morgan fingerprint density at radius 1 is 1.12 bits per heavy atom. The summed E-state index contributed by atoms with van der Waals surface area (Å²) in [7, 11) is 0. The molecule has 1 amide bonds. The molecule has 7 nitrogen and oxygen atoms in total. The Kier molecular flexibility index (Phi) is 5.31. The number of aromatic nitrogens is 2. The van der Waals surface area contributed by atoms with Gasteiger partial charge >= 0.3 is 0 Å². The van der Waals surface area contributed by atoms with Crippen LogP contribution in [0, 0.1) is 6.92 Å². The maximum absolute atomic E-state index is 13.3. The molecule has 2 N–H and O–H groups in total. The molecular weight excluding hydrogens is 400 g/mol. The minimum Gasteiger partial charge on any atom is -0.368 e. The van der Waals surface area contributed by atoms with E-state index in [4.69, 9.17) is 4.99 Å². The van der Waals surface area contributed by atoms with Crippen molar-refractivity contribution in [3.05, 3.63) is 83.8 Å². The summed E-state index contributed by atoms with van der Waals surface area (Å²) in [4.78, 5) is 28.9. The molecule has 7 heteroatoms. The number of likely N-dealkylation sites (tertiary alicyclic amines) is 1. The number of piperidine rings is 1. The third-order valence-corrected chi connectivity index (χ3v) is 6.07. The molecule has 0 radical (unpaired) electrons. The number of carbonyl (C=O) groups excluding carboxylic acids is 1. The standard InChI is InChI=1S/C25H26N6O/c1-18-10-11-20(16-27-18)23(32)31-14-6-12-25(17-31)24(28-15-19-7-3-2-4-8-19)29-22-21(30-25)9-5-13-26-22/h2-5,7-11,13,16,30H,6,12,14-15,17H2,1H3,(H,26,28,29)/t25-/m0/s1. The van der Waals surface area contributed by atoms with E-state index in [2.05, 4.69) is 32.7 Å². The second-order valence-corrected chi connectivity index (χ2v) is 8.40. The average Bonchev–Trinajstić information content (AvgIpc) is 2.83. The Labute approximate surface area is 187 Å². The van der Waals surface area contributed by atoms with Crippen molar-refractivity contribution in [1.29, 1.82) is 0 Å². The highest BCUT2D eigenvalue weighted by Gasteiger charge is 2.45. The number of carbonyl (C=O) groups is 1. The van der Waals surface area contributed by atoms with Crippen molar-refractivity contribution in [1.82, 2.24) is 14.9 Å². The first-order chi connectivity index (χ1) is 15.6. The molecule has 5 rings (SSSR count). The number of fused-ring (bicyclic) bond motifs is 1. The number of amides is 1. The first kappa shape index (κ1) is 20.2. The Bertz CT molecular complexity index is 1140. The second kappa shape index (κ2) is 8.42. The van der Waals surface area contributed by atoms with Crippen LogP contribution >= 0.6 is 0 Å². The van der Waals surface area contributed by atoms with Gasteiger partial charge < -0.3 is 15.5 Å². The molecule has 4 heterocycles. The van der Waals surface area contributed by atoms with Crippen molar-refractivity contribution in [2.45, 2.75) is 31.8 Å². The molecule has 0 bridgehead atoms. The first-order valence-corrected chi connectivity index (χ1v) is 10.9. The molecule has 1 aromatic carbocycles. The molecule has 0 unspecified atom stereocenters. The lowest BCUT2D eigenvalue weighted by molar-refractivity contribution is 0.0694. The highest BCUT2D eigenvalue weighted by molar-refractivity contribution is 6.09. The molecule has 1 saturated heterocycles. The second-order valence-electron chi connectivity index (χ2n) is 8.40. The molecule has 2 aliphatic heterocycles. The molecule has 2 aromatic heterocycles. The van der Waals surface area contributed by atoms with E-state index in [1.807, 2.05) is 54.3 Å². The fraction of sp³-hybridized carbons (Fsp3) is 0.280. The maximum Gasteiger partial charge on any atom is 0.255 e. The minimum absolute atomic E-state index is 0.00207. The van der Waals surface area contributed by atoms with Gasteiger partial charge in [-0.3, -0.25) is 14.8 Å². The predicted octanol–water partition coefficient (Wildman–Crippen LogP) is 3.90. The molecule has 1 spiro atoms. The van der Waals surface area contributed by atoms with Gasteiger partial charge in [0.25, 0.3) is 5.91 Å². The van der Waals surface area contributed by atoms with Gasteiger partial charge in [0.05, 0.1) is 24.3 Å². The van der Waals surface area contributed by atoms with Crippen LogP contribution in [0.25, 0.3) is 0 Å². The van der Waals surface area contributed by atoms with Crippen LogP contribution < -0.4 is 10.6 Å². The minimum atomic E-state index is -0.489. The van der Waals surface area contributed by atoms with Gasteiger partial charge in [-0.15, -0.1) is 0 Å². The summed E-state index contributed by atoms with van der Waals surface area (Å²) in [6, 6.07) is 17.8. The lowest BCUT2D eigenvalue weighted by atomic mass is 9.85. The number of anilines is 2. The number of nitrogens with one attached hydrogen (secondary N) is 2. The summed E-state index contributed by atoms with van der Waals surface area (Å²) in [5.74, 6) is 1.58. The maximum atomic E-state index is 13.3. The molecule has 0 aliphatic carbocycles. The number of benzene rings is 1. The highest BCUT2D eigenvalue weighted by atomic mass is 16.2. The number of hydrogen-bond donors (Lipinski definition) is 2. The summed E-state index contributed by atoms with van der Waals surface area (Å²) in [5, 5.41) is 7.14. The number of aliphatic imine (C=N–C) groups is 1. The van der Waals surface area contributed by atoms with E-state index in [9.17, 15) is 4.79 Å². The molecule has 162 valence electrons. The Morgan fingerprint density at radius 3 is 2.81 bits per heavy atom. The number of amidine groups is 1. The van der Waals surface area contributed by atoms with E-state index >= 15 is 0 Å². The molecule has 1 atom stereocenters. The van der Waals surface area contributed by atoms with Gasteiger partial charge in [0.2, 0.25) is 0 Å². The van der Waals surface area contributed by atoms with Crippen LogP contribution in [0.15, 0.2) is 72.0 Å². The number of pyridine rings is 2. The van der Waals surface area contributed by atoms with Crippen molar-refractivity contribution in [3.63, 3.8) is 0 Å². The largest absolute Gasteiger partial charge is 0.368 e. The van der Waals surface area contributed by atoms with Crippen LogP contribution in [0.1, 0.15) is 34.5 Å². The van der Waals surface area contributed by atoms with E-state index < -0.39 is 5.54 Å². The van der Waals surface area contributed by atoms with Crippen molar-refractivity contribution in [3.8, 4) is 0 Å². The fourth-order valence-corrected chi connectivity index (χ4v) is 4.40. The zero-order valence-electron chi connectivity index (χ0n) is 18.1. The average molecular weight is 427 g/mol. The van der Waals surface area contributed by atoms with Crippen LogP contribution in [-0.4, -0.2) is 45.2 Å². The lowest BCUT2D eigenvalue weighted by Gasteiger charge is -2.47. The van der Waals surface area contributed by atoms with Crippen LogP contribution in [0.3, 0.4) is 0 Å². The van der Waals surface area contributed by atoms with Crippen molar-refractivity contribution < 1.29 is 4.79 Å². The molecule has 1 fully saturated rings. The van der Waals surface area contributed by atoms with Gasteiger partial charge in [-0.25, -0.2) is 4.98 Å². The highest BCUT2D eigenvalue weighted by Crippen LogP contribution is 2.35. The van der Waals surface area contributed by atoms with Gasteiger partial charge in [-0.2, -0.15) is 0 Å². The van der Waals surface area contributed by atoms with Crippen LogP contribution in [0.5, 0.6) is 0 Å². The molecule has 0 saturated carbocycles. The van der Waals surface area contributed by atoms with Crippen molar-refractivity contribution in [2.24, 2.45) is 4.99 Å². The SMILES string of the molecule is Cc1ccc(C(=O)N2CCC[C@@]3(C2)Nc2cccnc2NC3=NCc2ccccc2)cn1. The number of nitrogens with zero attached hydrogens (tertiary/aromatic N) is 4. The number of rotatable bonds is 3. The molecule has 32 heavy (non-hydrogen) atoms. The van der Waals surface area contributed by atoms with Gasteiger partial charge in [-0.1, -0.05) is 30.3 Å². The van der Waals surface area contributed by atoms with Gasteiger partial charge in [0.1, 0.15) is 11.4 Å². The van der Waals surface area contributed by atoms with Gasteiger partial charge in [-0.05, 0) is 49.6 Å². The molecule has 2 aliphatic rings. The van der Waals surface area contributed by atoms with E-state index in [1.54, 1.807) is 12.4 Å². The van der Waals surface area contributed by atoms with E-state index in [0.29, 0.717) is 25.2 Å². The number of hydrogen-bond acceptors (Lipinski definition) is 5. The van der Waals surface area contributed by atoms with Gasteiger partial charge in [0, 0.05) is 24.6 Å². The van der Waals surface area contributed by atoms with Crippen molar-refractivity contribution >= 4 is 23.2 Å². The van der Waals surface area contributed by atoms with Crippen molar-refractivity contribution in [2.75, 3.05) is 23.7 Å². The molecular formula is C25H26N6O. The third-order valence-electron chi connectivity index (χ3n) is 6.07. The fourth-order valence-electron chi connectivity index (χ4n) is 4.40. The summed E-state index contributed by atoms with van der Waals surface area (Å²) in [5.41, 5.74) is 3.09. The summed E-state index contributed by atoms with van der Waals surface area (Å²) < 4.78 is 0. The van der Waals surface area contributed by atoms with Crippen LogP contribution in [-0.2, 0) is 6.54 Å². The zero-order chi connectivity index (χ0) is 22.0. The Morgan fingerprint density at radius 2 is 2.00 bits per heavy atom. The first-order valence-electron chi connectivity index (χ1n) is 10.9. The van der Waals surface area contributed by atoms with E-state index in [-0.39, 0.29) is 5.91 Å². The molecule has 3 aromatic rings. The summed E-state index contributed by atoms with van der Waals surface area (Å²) >= 11 is 0. The van der Waals surface area contributed by atoms with E-state index in [1.165, 1.54) is 0 Å². The smallest absolute Gasteiger partial charge is 0.255 e. The monoisotopic (exact) mass is 426 g/mol. The zero-order valence-corrected chi connectivity index (χ0v) is 18.1. The third kappa shape index (κ3) is 3.93. The topological polar surface area (TPSA) is 82.5 Å².